The normalized spacial score (nSPS) is 24.2. The zero-order valence-electron chi connectivity index (χ0n) is 13.4. The summed E-state index contributed by atoms with van der Waals surface area (Å²) in [6.45, 7) is 7.46. The first-order chi connectivity index (χ1) is 10.1. The van der Waals surface area contributed by atoms with Gasteiger partial charge in [-0.15, -0.1) is 0 Å². The molecule has 1 saturated carbocycles. The van der Waals surface area contributed by atoms with E-state index < -0.39 is 0 Å². The summed E-state index contributed by atoms with van der Waals surface area (Å²) in [5.41, 5.74) is 1.10. The predicted molar refractivity (Wildman–Crippen MR) is 89.8 cm³/mol. The Bertz CT molecular complexity index is 435. The van der Waals surface area contributed by atoms with Crippen molar-refractivity contribution in [3.05, 3.63) is 34.9 Å². The molecular weight excluding hydrogens is 282 g/mol. The van der Waals surface area contributed by atoms with Crippen molar-refractivity contribution in [2.75, 3.05) is 6.54 Å². The van der Waals surface area contributed by atoms with E-state index in [1.807, 2.05) is 18.2 Å². The monoisotopic (exact) mass is 309 g/mol. The molecule has 2 nitrogen and oxygen atoms in total. The summed E-state index contributed by atoms with van der Waals surface area (Å²) in [5.74, 6) is 0.772. The first-order valence-corrected chi connectivity index (χ1v) is 8.57. The summed E-state index contributed by atoms with van der Waals surface area (Å²) in [4.78, 5) is 0. The molecule has 0 spiro atoms. The number of benzene rings is 1. The molecule has 0 amide bonds. The first-order valence-electron chi connectivity index (χ1n) is 8.19. The minimum Gasteiger partial charge on any atom is -0.369 e. The average molecular weight is 310 g/mol. The van der Waals surface area contributed by atoms with Gasteiger partial charge < -0.3 is 10.1 Å². The van der Waals surface area contributed by atoms with Gasteiger partial charge in [-0.1, -0.05) is 63.4 Å². The van der Waals surface area contributed by atoms with Gasteiger partial charge in [0.05, 0.1) is 12.2 Å². The van der Waals surface area contributed by atoms with Gasteiger partial charge in [0.25, 0.3) is 0 Å². The fraction of sp³-hybridized carbons (Fsp3) is 0.667. The van der Waals surface area contributed by atoms with Crippen molar-refractivity contribution in [1.29, 1.82) is 0 Å². The van der Waals surface area contributed by atoms with E-state index in [1.54, 1.807) is 0 Å². The Morgan fingerprint density at radius 1 is 1.29 bits per heavy atom. The van der Waals surface area contributed by atoms with Crippen LogP contribution in [0.2, 0.25) is 5.02 Å². The smallest absolute Gasteiger partial charge is 0.0967 e. The Balaban J connectivity index is 2.06. The van der Waals surface area contributed by atoms with Crippen LogP contribution < -0.4 is 5.32 Å². The van der Waals surface area contributed by atoms with Crippen LogP contribution in [0.5, 0.6) is 0 Å². The molecule has 0 radical (unpaired) electrons. The molecule has 118 valence electrons. The van der Waals surface area contributed by atoms with Crippen molar-refractivity contribution in [1.82, 2.24) is 5.32 Å². The number of hydrogen-bond donors (Lipinski definition) is 1. The topological polar surface area (TPSA) is 21.3 Å². The van der Waals surface area contributed by atoms with Crippen LogP contribution in [0.4, 0.5) is 0 Å². The molecule has 1 aromatic rings. The highest BCUT2D eigenvalue weighted by Gasteiger charge is 2.24. The van der Waals surface area contributed by atoms with Crippen LogP contribution in [0.1, 0.15) is 58.1 Å². The van der Waals surface area contributed by atoms with Crippen LogP contribution in [0.3, 0.4) is 0 Å². The molecule has 1 aliphatic carbocycles. The van der Waals surface area contributed by atoms with E-state index in [2.05, 4.69) is 32.2 Å². The molecule has 0 bridgehead atoms. The predicted octanol–water partition coefficient (Wildman–Crippen LogP) is 4.97. The van der Waals surface area contributed by atoms with E-state index in [-0.39, 0.29) is 6.10 Å². The fourth-order valence-electron chi connectivity index (χ4n) is 3.04. The van der Waals surface area contributed by atoms with Crippen molar-refractivity contribution >= 4 is 11.6 Å². The maximum absolute atomic E-state index is 6.43. The van der Waals surface area contributed by atoms with Crippen LogP contribution in [0.25, 0.3) is 0 Å². The molecule has 3 atom stereocenters. The van der Waals surface area contributed by atoms with E-state index in [0.29, 0.717) is 12.1 Å². The van der Waals surface area contributed by atoms with Crippen molar-refractivity contribution in [2.24, 2.45) is 5.92 Å². The number of ether oxygens (including phenoxy) is 1. The lowest BCUT2D eigenvalue weighted by Gasteiger charge is -2.31. The highest BCUT2D eigenvalue weighted by Crippen LogP contribution is 2.32. The van der Waals surface area contributed by atoms with Gasteiger partial charge in [-0.05, 0) is 24.8 Å². The lowest BCUT2D eigenvalue weighted by Crippen LogP contribution is -2.32. The summed E-state index contributed by atoms with van der Waals surface area (Å²) < 4.78 is 6.43. The summed E-state index contributed by atoms with van der Waals surface area (Å²) in [6, 6.07) is 8.49. The van der Waals surface area contributed by atoms with Gasteiger partial charge in [0.1, 0.15) is 0 Å². The minimum atomic E-state index is 0.0383. The molecule has 21 heavy (non-hydrogen) atoms. The average Bonchev–Trinajstić information content (AvgIpc) is 2.44. The third-order valence-electron chi connectivity index (χ3n) is 4.21. The molecule has 3 unspecified atom stereocenters. The molecule has 0 aromatic heterocycles. The third-order valence-corrected chi connectivity index (χ3v) is 4.55. The highest BCUT2D eigenvalue weighted by molar-refractivity contribution is 6.31. The highest BCUT2D eigenvalue weighted by atomic mass is 35.5. The maximum Gasteiger partial charge on any atom is 0.0967 e. The van der Waals surface area contributed by atoms with Crippen molar-refractivity contribution in [3.63, 3.8) is 0 Å². The van der Waals surface area contributed by atoms with E-state index in [1.165, 1.54) is 25.7 Å². The molecule has 1 aliphatic rings. The third kappa shape index (κ3) is 5.28. The second kappa shape index (κ2) is 8.17. The van der Waals surface area contributed by atoms with Gasteiger partial charge in [0.15, 0.2) is 0 Å². The molecule has 0 saturated heterocycles. The zero-order chi connectivity index (χ0) is 15.2. The van der Waals surface area contributed by atoms with E-state index in [9.17, 15) is 0 Å². The van der Waals surface area contributed by atoms with E-state index in [4.69, 9.17) is 16.3 Å². The Morgan fingerprint density at radius 2 is 2.05 bits per heavy atom. The molecule has 2 rings (SSSR count). The van der Waals surface area contributed by atoms with Crippen LogP contribution in [0, 0.1) is 5.92 Å². The zero-order valence-corrected chi connectivity index (χ0v) is 14.2. The fourth-order valence-corrected chi connectivity index (χ4v) is 3.30. The van der Waals surface area contributed by atoms with Crippen LogP contribution >= 0.6 is 11.6 Å². The molecule has 1 fully saturated rings. The maximum atomic E-state index is 6.43. The number of hydrogen-bond acceptors (Lipinski definition) is 2. The molecule has 0 aliphatic heterocycles. The summed E-state index contributed by atoms with van der Waals surface area (Å²) in [7, 11) is 0. The summed E-state index contributed by atoms with van der Waals surface area (Å²) >= 11 is 6.37. The van der Waals surface area contributed by atoms with Crippen LogP contribution in [0.15, 0.2) is 24.3 Å². The van der Waals surface area contributed by atoms with E-state index >= 15 is 0 Å². The Kier molecular flexibility index (Phi) is 6.53. The second-order valence-electron chi connectivity index (χ2n) is 6.60. The van der Waals surface area contributed by atoms with Gasteiger partial charge in [-0.2, -0.15) is 0 Å². The number of rotatable bonds is 6. The summed E-state index contributed by atoms with van der Waals surface area (Å²) in [6.07, 6.45) is 5.36. The number of nitrogens with one attached hydrogen (secondary N) is 1. The molecule has 0 heterocycles. The molecule has 3 heteroatoms. The Morgan fingerprint density at radius 3 is 2.71 bits per heavy atom. The van der Waals surface area contributed by atoms with Crippen molar-refractivity contribution < 1.29 is 4.74 Å². The van der Waals surface area contributed by atoms with Gasteiger partial charge in [-0.25, -0.2) is 0 Å². The summed E-state index contributed by atoms with van der Waals surface area (Å²) in [5, 5.41) is 4.29. The van der Waals surface area contributed by atoms with Crippen LogP contribution in [-0.2, 0) is 4.74 Å². The molecule has 1 aromatic carbocycles. The largest absolute Gasteiger partial charge is 0.369 e. The minimum absolute atomic E-state index is 0.0383. The first kappa shape index (κ1) is 16.8. The van der Waals surface area contributed by atoms with Gasteiger partial charge in [0, 0.05) is 23.2 Å². The SMILES string of the molecule is CC1CCCC(OC(CNC(C)C)c2ccccc2Cl)C1. The number of halogens is 1. The molecular formula is C18H28ClNO. The van der Waals surface area contributed by atoms with Crippen molar-refractivity contribution in [2.45, 2.75) is 64.7 Å². The quantitative estimate of drug-likeness (QED) is 0.800. The van der Waals surface area contributed by atoms with E-state index in [0.717, 1.165) is 23.0 Å². The Labute approximate surface area is 134 Å². The van der Waals surface area contributed by atoms with Gasteiger partial charge in [-0.3, -0.25) is 0 Å². The van der Waals surface area contributed by atoms with Gasteiger partial charge in [0.2, 0.25) is 0 Å². The standard InChI is InChI=1S/C18H28ClNO/c1-13(2)20-12-18(16-9-4-5-10-17(16)19)21-15-8-6-7-14(3)11-15/h4-5,9-10,13-15,18,20H,6-8,11-12H2,1-3H3. The second-order valence-corrected chi connectivity index (χ2v) is 7.01. The Hall–Kier alpha value is -0.570. The lowest BCUT2D eigenvalue weighted by molar-refractivity contribution is -0.0401. The van der Waals surface area contributed by atoms with Gasteiger partial charge >= 0.3 is 0 Å². The lowest BCUT2D eigenvalue weighted by atomic mass is 9.88. The van der Waals surface area contributed by atoms with Crippen molar-refractivity contribution in [3.8, 4) is 0 Å². The molecule has 1 N–H and O–H groups in total. The van der Waals surface area contributed by atoms with Crippen LogP contribution in [-0.4, -0.2) is 18.7 Å².